The predicted octanol–water partition coefficient (Wildman–Crippen LogP) is 4.71. The number of furan rings is 1. The highest BCUT2D eigenvalue weighted by Gasteiger charge is 2.41. The number of aliphatic hydroxyl groups is 1. The summed E-state index contributed by atoms with van der Waals surface area (Å²) in [6.45, 7) is 6.81. The number of nitrogens with zero attached hydrogens (tertiary/aromatic N) is 3. The van der Waals surface area contributed by atoms with E-state index in [0.29, 0.717) is 23.5 Å². The number of nitrogens with one attached hydrogen (secondary N) is 1. The lowest BCUT2D eigenvalue weighted by Crippen LogP contribution is -2.40. The number of carbonyl (C=O) groups is 1. The van der Waals surface area contributed by atoms with E-state index in [1.807, 2.05) is 32.0 Å². The van der Waals surface area contributed by atoms with Gasteiger partial charge >= 0.3 is 0 Å². The van der Waals surface area contributed by atoms with Crippen LogP contribution in [-0.4, -0.2) is 37.4 Å². The van der Waals surface area contributed by atoms with Gasteiger partial charge < -0.3 is 23.8 Å². The third-order valence-electron chi connectivity index (χ3n) is 6.15. The maximum Gasteiger partial charge on any atom is 0.292 e. The number of halogens is 2. The Labute approximate surface area is 193 Å². The molecule has 0 radical (unpaired) electrons. The Morgan fingerprint density at radius 1 is 1.26 bits per heavy atom. The van der Waals surface area contributed by atoms with Crippen LogP contribution in [0.25, 0.3) is 11.0 Å². The van der Waals surface area contributed by atoms with Gasteiger partial charge in [0.2, 0.25) is 11.7 Å². The zero-order chi connectivity index (χ0) is 24.4. The molecule has 0 saturated heterocycles. The number of H-pyrrole nitrogens is 1. The first kappa shape index (κ1) is 22.3. The van der Waals surface area contributed by atoms with Crippen molar-refractivity contribution in [3.05, 3.63) is 70.1 Å². The van der Waals surface area contributed by atoms with E-state index in [-0.39, 0.29) is 12.4 Å². The normalized spacial score (nSPS) is 16.5. The summed E-state index contributed by atoms with van der Waals surface area (Å²) in [6.07, 6.45) is -1.07. The molecule has 0 fully saturated rings. The fourth-order valence-electron chi connectivity index (χ4n) is 4.35. The van der Waals surface area contributed by atoms with Crippen LogP contribution >= 0.6 is 0 Å². The van der Waals surface area contributed by atoms with E-state index >= 15 is 0 Å². The third-order valence-corrected chi connectivity index (χ3v) is 6.15. The highest BCUT2D eigenvalue weighted by molar-refractivity contribution is 5.93. The maximum atomic E-state index is 13.8. The van der Waals surface area contributed by atoms with Crippen molar-refractivity contribution in [2.75, 3.05) is 6.54 Å². The number of fused-ring (bicyclic) bond motifs is 2. The van der Waals surface area contributed by atoms with Crippen molar-refractivity contribution < 1.29 is 27.5 Å². The lowest BCUT2D eigenvalue weighted by atomic mass is 9.99. The molecule has 34 heavy (non-hydrogen) atoms. The summed E-state index contributed by atoms with van der Waals surface area (Å²) in [5.41, 5.74) is 1.63. The summed E-state index contributed by atoms with van der Waals surface area (Å²) in [4.78, 5) is 26.3. The van der Waals surface area contributed by atoms with Gasteiger partial charge in [0.15, 0.2) is 5.69 Å². The van der Waals surface area contributed by atoms with Crippen LogP contribution in [0.5, 0.6) is 0 Å². The number of alkyl halides is 2. The van der Waals surface area contributed by atoms with Crippen molar-refractivity contribution >= 4 is 16.9 Å². The molecule has 4 heterocycles. The highest BCUT2D eigenvalue weighted by atomic mass is 19.3. The van der Waals surface area contributed by atoms with Crippen LogP contribution in [-0.2, 0) is 12.0 Å². The molecule has 0 bridgehead atoms. The van der Waals surface area contributed by atoms with Crippen LogP contribution in [0, 0.1) is 13.8 Å². The molecule has 0 aliphatic carbocycles. The Bertz CT molecular complexity index is 1360. The summed E-state index contributed by atoms with van der Waals surface area (Å²) in [5, 5.41) is 11.1. The molecule has 0 unspecified atom stereocenters. The van der Waals surface area contributed by atoms with Gasteiger partial charge in [0.05, 0.1) is 12.0 Å². The maximum absolute atomic E-state index is 13.8. The number of amides is 1. The van der Waals surface area contributed by atoms with Crippen LogP contribution in [0.1, 0.15) is 76.7 Å². The van der Waals surface area contributed by atoms with Gasteiger partial charge in [0, 0.05) is 24.0 Å². The minimum atomic E-state index is -3.06. The van der Waals surface area contributed by atoms with Crippen molar-refractivity contribution in [3.8, 4) is 0 Å². The number of aryl methyl sites for hydroxylation is 2. The topological polar surface area (TPSA) is 108 Å². The second-order valence-electron chi connectivity index (χ2n) is 9.10. The average molecular weight is 470 g/mol. The predicted molar refractivity (Wildman–Crippen MR) is 118 cm³/mol. The summed E-state index contributed by atoms with van der Waals surface area (Å²) in [5.74, 6) is -1.25. The number of imidazole rings is 1. The van der Waals surface area contributed by atoms with E-state index in [0.717, 1.165) is 22.2 Å². The van der Waals surface area contributed by atoms with Gasteiger partial charge in [-0.05, 0) is 44.9 Å². The monoisotopic (exact) mass is 470 g/mol. The third kappa shape index (κ3) is 3.49. The first-order valence-electron chi connectivity index (χ1n) is 10.9. The molecule has 4 aromatic rings. The fraction of sp³-hybridized carbons (Fsp3) is 0.375. The molecular weight excluding hydrogens is 446 g/mol. The number of oxazole rings is 1. The molecule has 3 aromatic heterocycles. The first-order valence-corrected chi connectivity index (χ1v) is 10.9. The molecule has 5 rings (SSSR count). The molecule has 1 aliphatic rings. The quantitative estimate of drug-likeness (QED) is 0.447. The van der Waals surface area contributed by atoms with Crippen molar-refractivity contribution in [1.82, 2.24) is 19.9 Å². The minimum absolute atomic E-state index is 0.217. The van der Waals surface area contributed by atoms with E-state index in [4.69, 9.17) is 8.83 Å². The zero-order valence-corrected chi connectivity index (χ0v) is 19.1. The van der Waals surface area contributed by atoms with Gasteiger partial charge in [0.25, 0.3) is 12.3 Å². The largest absolute Gasteiger partial charge is 0.458 e. The molecule has 8 nitrogen and oxygen atoms in total. The van der Waals surface area contributed by atoms with Crippen LogP contribution in [0.15, 0.2) is 33.4 Å². The molecule has 178 valence electrons. The average Bonchev–Trinajstić information content (AvgIpc) is 3.52. The number of aromatic amines is 1. The molecule has 1 aliphatic heterocycles. The second-order valence-corrected chi connectivity index (χ2v) is 9.10. The number of rotatable bonds is 4. The Kier molecular flexibility index (Phi) is 5.09. The number of aromatic nitrogens is 3. The highest BCUT2D eigenvalue weighted by Crippen LogP contribution is 2.39. The van der Waals surface area contributed by atoms with Crippen LogP contribution in [0.4, 0.5) is 8.78 Å². The van der Waals surface area contributed by atoms with Crippen LogP contribution < -0.4 is 0 Å². The second kappa shape index (κ2) is 7.76. The van der Waals surface area contributed by atoms with Gasteiger partial charge in [0.1, 0.15) is 23.0 Å². The molecule has 10 heteroatoms. The van der Waals surface area contributed by atoms with E-state index < -0.39 is 35.4 Å². The Morgan fingerprint density at radius 2 is 2.00 bits per heavy atom. The summed E-state index contributed by atoms with van der Waals surface area (Å²) < 4.78 is 39.2. The van der Waals surface area contributed by atoms with Gasteiger partial charge in [-0.1, -0.05) is 12.1 Å². The minimum Gasteiger partial charge on any atom is -0.458 e. The number of benzene rings is 1. The Hall–Kier alpha value is -3.53. The smallest absolute Gasteiger partial charge is 0.292 e. The molecule has 2 N–H and O–H groups in total. The number of hydrogen-bond acceptors (Lipinski definition) is 6. The Balaban J connectivity index is 1.65. The molecule has 1 aromatic carbocycles. The Morgan fingerprint density at radius 3 is 2.68 bits per heavy atom. The van der Waals surface area contributed by atoms with E-state index in [1.165, 1.54) is 25.1 Å². The van der Waals surface area contributed by atoms with Gasteiger partial charge in [-0.15, -0.1) is 0 Å². The van der Waals surface area contributed by atoms with Crippen LogP contribution in [0.3, 0.4) is 0 Å². The molecule has 1 amide bonds. The molecule has 1 atom stereocenters. The molecule has 0 saturated carbocycles. The lowest BCUT2D eigenvalue weighted by Gasteiger charge is -2.33. The first-order chi connectivity index (χ1) is 16.1. The van der Waals surface area contributed by atoms with Gasteiger partial charge in [-0.2, -0.15) is 0 Å². The van der Waals surface area contributed by atoms with Crippen molar-refractivity contribution in [3.63, 3.8) is 0 Å². The number of carbonyl (C=O) groups excluding carboxylic acids is 1. The zero-order valence-electron chi connectivity index (χ0n) is 19.1. The SMILES string of the molecule is Cc1ccc(C)c2oc([C@H]3c4nc[nH]c4CCN3C(=O)c3oc(C(C)(C)O)nc3C(F)F)cc12. The summed E-state index contributed by atoms with van der Waals surface area (Å²) in [6, 6.07) is 5.05. The van der Waals surface area contributed by atoms with E-state index in [9.17, 15) is 18.7 Å². The van der Waals surface area contributed by atoms with E-state index in [1.54, 1.807) is 0 Å². The lowest BCUT2D eigenvalue weighted by molar-refractivity contribution is 0.0437. The van der Waals surface area contributed by atoms with Gasteiger partial charge in [-0.25, -0.2) is 18.7 Å². The molecule has 0 spiro atoms. The van der Waals surface area contributed by atoms with Crippen molar-refractivity contribution in [2.24, 2.45) is 0 Å². The van der Waals surface area contributed by atoms with E-state index in [2.05, 4.69) is 15.0 Å². The van der Waals surface area contributed by atoms with Crippen molar-refractivity contribution in [2.45, 2.75) is 52.2 Å². The summed E-state index contributed by atoms with van der Waals surface area (Å²) >= 11 is 0. The summed E-state index contributed by atoms with van der Waals surface area (Å²) in [7, 11) is 0. The van der Waals surface area contributed by atoms with Crippen LogP contribution in [0.2, 0.25) is 0 Å². The standard InChI is InChI=1S/C24H24F2N4O4/c1-11-5-6-12(2)19-13(11)9-15(33-19)18-16-14(27-10-28-16)7-8-30(18)22(31)20-17(21(25)26)29-23(34-20)24(3,4)32/h5-6,9-10,18,21,32H,7-8H2,1-4H3,(H,27,28)/t18-/m0/s1. The fourth-order valence-corrected chi connectivity index (χ4v) is 4.35. The number of hydrogen-bond donors (Lipinski definition) is 2. The molecular formula is C24H24F2N4O4. The van der Waals surface area contributed by atoms with Gasteiger partial charge in [-0.3, -0.25) is 4.79 Å². The van der Waals surface area contributed by atoms with Crippen molar-refractivity contribution in [1.29, 1.82) is 0 Å².